The molecule has 0 saturated heterocycles. The van der Waals surface area contributed by atoms with E-state index in [9.17, 15) is 9.18 Å². The second-order valence-electron chi connectivity index (χ2n) is 10.6. The molecule has 6 rings (SSSR count). The van der Waals surface area contributed by atoms with Crippen LogP contribution < -0.4 is 10.6 Å². The molecule has 0 aliphatic heterocycles. The zero-order valence-electron chi connectivity index (χ0n) is 23.5. The third kappa shape index (κ3) is 5.42. The predicted octanol–water partition coefficient (Wildman–Crippen LogP) is 4.44. The van der Waals surface area contributed by atoms with Crippen molar-refractivity contribution in [2.45, 2.75) is 57.1 Å². The van der Waals surface area contributed by atoms with Gasteiger partial charge in [0, 0.05) is 42.6 Å². The van der Waals surface area contributed by atoms with E-state index in [1.54, 1.807) is 31.8 Å². The van der Waals surface area contributed by atoms with Crippen molar-refractivity contribution in [1.82, 2.24) is 45.2 Å². The van der Waals surface area contributed by atoms with Gasteiger partial charge in [-0.2, -0.15) is 10.2 Å². The third-order valence-corrected chi connectivity index (χ3v) is 7.84. The van der Waals surface area contributed by atoms with Crippen LogP contribution in [0.5, 0.6) is 0 Å². The summed E-state index contributed by atoms with van der Waals surface area (Å²) in [4.78, 5) is 31.9. The normalized spacial score (nSPS) is 19.5. The summed E-state index contributed by atoms with van der Waals surface area (Å²) < 4.78 is 20.5. The summed E-state index contributed by atoms with van der Waals surface area (Å²) in [6.07, 6.45) is 9.87. The highest BCUT2D eigenvalue weighted by atomic mass is 19.1. The highest BCUT2D eigenvalue weighted by molar-refractivity contribution is 5.90. The minimum atomic E-state index is -0.962. The van der Waals surface area contributed by atoms with Crippen molar-refractivity contribution >= 4 is 28.4 Å². The molecule has 1 atom stereocenters. The number of fused-ring (bicyclic) bond motifs is 1. The van der Waals surface area contributed by atoms with Gasteiger partial charge in [0.15, 0.2) is 17.5 Å². The van der Waals surface area contributed by atoms with Gasteiger partial charge in [-0.15, -0.1) is 0 Å². The van der Waals surface area contributed by atoms with Crippen molar-refractivity contribution in [2.24, 2.45) is 0 Å². The first kappa shape index (κ1) is 27.4. The number of carbonyl (C=O) groups excluding carboxylic acids is 1. The Labute approximate surface area is 241 Å². The maximum Gasteiger partial charge on any atom is 0.252 e. The number of anilines is 2. The average Bonchev–Trinajstić information content (AvgIpc) is 3.64. The Morgan fingerprint density at radius 2 is 2.02 bits per heavy atom. The summed E-state index contributed by atoms with van der Waals surface area (Å²) in [5.74, 6) is 1.96. The molecular weight excluding hydrogens is 539 g/mol. The number of amides is 1. The standard InChI is InChI=1S/C29H31FN10O2/c1-17-12-24(39-38-17)36-27-22-8-11-31-15-23(22)35-26(37-27)19-6-9-29(42-3,10-7-19)28(41)34-18(2)20-4-5-25(32-13-20)40-16-21(30)14-33-40/h4-5,8,11-16,18-19H,6-7,9-10H2,1-3H3,(H,34,41)(H2,35,36,37,38,39)/t18-,19-,29+/m0/s1. The van der Waals surface area contributed by atoms with Crippen LogP contribution in [-0.4, -0.2) is 58.5 Å². The average molecular weight is 571 g/mol. The van der Waals surface area contributed by atoms with E-state index in [1.165, 1.54) is 10.9 Å². The Morgan fingerprint density at radius 1 is 1.19 bits per heavy atom. The fraction of sp³-hybridized carbons (Fsp3) is 0.345. The lowest BCUT2D eigenvalue weighted by molar-refractivity contribution is -0.148. The molecule has 0 aromatic carbocycles. The quantitative estimate of drug-likeness (QED) is 0.246. The van der Waals surface area contributed by atoms with Crippen LogP contribution in [0.1, 0.15) is 61.6 Å². The Morgan fingerprint density at radius 3 is 2.69 bits per heavy atom. The number of nitrogens with zero attached hydrogens (tertiary/aromatic N) is 7. The van der Waals surface area contributed by atoms with Crippen LogP contribution in [0.4, 0.5) is 16.0 Å². The van der Waals surface area contributed by atoms with Gasteiger partial charge in [-0.1, -0.05) is 6.07 Å². The van der Waals surface area contributed by atoms with Crippen molar-refractivity contribution in [3.05, 3.63) is 78.1 Å². The van der Waals surface area contributed by atoms with Crippen LogP contribution in [0.3, 0.4) is 0 Å². The number of halogens is 1. The molecule has 0 radical (unpaired) electrons. The number of hydrogen-bond acceptors (Lipinski definition) is 9. The van der Waals surface area contributed by atoms with Gasteiger partial charge in [0.25, 0.3) is 5.91 Å². The number of methoxy groups -OCH3 is 1. The van der Waals surface area contributed by atoms with Crippen LogP contribution in [0, 0.1) is 12.7 Å². The topological polar surface area (TPSA) is 148 Å². The van der Waals surface area contributed by atoms with Gasteiger partial charge in [-0.25, -0.2) is 24.0 Å². The number of aromatic nitrogens is 8. The molecule has 5 aromatic heterocycles. The van der Waals surface area contributed by atoms with Crippen LogP contribution >= 0.6 is 0 Å². The minimum Gasteiger partial charge on any atom is -0.368 e. The molecule has 3 N–H and O–H groups in total. The van der Waals surface area contributed by atoms with Gasteiger partial charge in [0.2, 0.25) is 0 Å². The Bertz CT molecular complexity index is 1710. The summed E-state index contributed by atoms with van der Waals surface area (Å²) in [7, 11) is 1.58. The van der Waals surface area contributed by atoms with Gasteiger partial charge < -0.3 is 15.4 Å². The molecule has 0 spiro atoms. The van der Waals surface area contributed by atoms with Gasteiger partial charge >= 0.3 is 0 Å². The summed E-state index contributed by atoms with van der Waals surface area (Å²) in [6.45, 7) is 3.83. The molecule has 1 fully saturated rings. The molecule has 13 heteroatoms. The number of ether oxygens (including phenoxy) is 1. The number of rotatable bonds is 8. The molecule has 5 aromatic rings. The number of hydrogen-bond donors (Lipinski definition) is 3. The predicted molar refractivity (Wildman–Crippen MR) is 153 cm³/mol. The highest BCUT2D eigenvalue weighted by Crippen LogP contribution is 2.40. The molecule has 1 aliphatic rings. The summed E-state index contributed by atoms with van der Waals surface area (Å²) in [5.41, 5.74) is 1.53. The van der Waals surface area contributed by atoms with E-state index in [0.29, 0.717) is 49.0 Å². The summed E-state index contributed by atoms with van der Waals surface area (Å²) in [6, 6.07) is 7.05. The largest absolute Gasteiger partial charge is 0.368 e. The van der Waals surface area contributed by atoms with Crippen LogP contribution in [0.25, 0.3) is 16.7 Å². The number of carbonyl (C=O) groups is 1. The van der Waals surface area contributed by atoms with E-state index in [2.05, 4.69) is 35.9 Å². The van der Waals surface area contributed by atoms with E-state index >= 15 is 0 Å². The number of pyridine rings is 2. The molecule has 1 aliphatic carbocycles. The van der Waals surface area contributed by atoms with E-state index in [0.717, 1.165) is 28.4 Å². The molecular formula is C29H31FN10O2. The third-order valence-electron chi connectivity index (χ3n) is 7.84. The smallest absolute Gasteiger partial charge is 0.252 e. The molecule has 0 unspecified atom stereocenters. The van der Waals surface area contributed by atoms with Gasteiger partial charge in [0.05, 0.1) is 30.1 Å². The van der Waals surface area contributed by atoms with E-state index in [-0.39, 0.29) is 17.9 Å². The Hall–Kier alpha value is -4.78. The number of H-pyrrole nitrogens is 1. The SMILES string of the molecule is CO[C@]1(C(=O)N[C@@H](C)c2ccc(-n3cc(F)cn3)nc2)CC[C@H](c2nc(Nc3cc(C)[nH]n3)c3ccncc3n2)CC1. The summed E-state index contributed by atoms with van der Waals surface area (Å²) in [5, 5.41) is 18.4. The maximum absolute atomic E-state index is 13.5. The summed E-state index contributed by atoms with van der Waals surface area (Å²) >= 11 is 0. The Kier molecular flexibility index (Phi) is 7.33. The second-order valence-corrected chi connectivity index (χ2v) is 10.6. The number of aromatic amines is 1. The molecule has 1 saturated carbocycles. The lowest BCUT2D eigenvalue weighted by Crippen LogP contribution is -2.50. The van der Waals surface area contributed by atoms with Crippen LogP contribution in [0.15, 0.2) is 55.2 Å². The first-order valence-corrected chi connectivity index (χ1v) is 13.8. The second kappa shape index (κ2) is 11.2. The van der Waals surface area contributed by atoms with Crippen molar-refractivity contribution in [3.63, 3.8) is 0 Å². The first-order chi connectivity index (χ1) is 20.3. The highest BCUT2D eigenvalue weighted by Gasteiger charge is 2.43. The van der Waals surface area contributed by atoms with E-state index in [1.807, 2.05) is 32.0 Å². The monoisotopic (exact) mass is 570 g/mol. The molecule has 42 heavy (non-hydrogen) atoms. The molecule has 5 heterocycles. The zero-order valence-corrected chi connectivity index (χ0v) is 23.5. The Balaban J connectivity index is 1.14. The van der Waals surface area contributed by atoms with E-state index < -0.39 is 11.4 Å². The van der Waals surface area contributed by atoms with Gasteiger partial charge in [-0.05, 0) is 57.2 Å². The van der Waals surface area contributed by atoms with Crippen LogP contribution in [-0.2, 0) is 9.53 Å². The lowest BCUT2D eigenvalue weighted by atomic mass is 9.77. The number of aryl methyl sites for hydroxylation is 1. The maximum atomic E-state index is 13.5. The molecule has 0 bridgehead atoms. The van der Waals surface area contributed by atoms with Crippen molar-refractivity contribution in [1.29, 1.82) is 0 Å². The lowest BCUT2D eigenvalue weighted by Gasteiger charge is -2.38. The molecule has 1 amide bonds. The minimum absolute atomic E-state index is 0.0495. The number of nitrogens with one attached hydrogen (secondary N) is 3. The molecule has 12 nitrogen and oxygen atoms in total. The molecule has 216 valence electrons. The first-order valence-electron chi connectivity index (χ1n) is 13.8. The van der Waals surface area contributed by atoms with Gasteiger partial charge in [0.1, 0.15) is 17.2 Å². The van der Waals surface area contributed by atoms with Crippen LogP contribution in [0.2, 0.25) is 0 Å². The van der Waals surface area contributed by atoms with E-state index in [4.69, 9.17) is 14.7 Å². The van der Waals surface area contributed by atoms with Crippen molar-refractivity contribution in [2.75, 3.05) is 12.4 Å². The fourth-order valence-electron chi connectivity index (χ4n) is 5.37. The van der Waals surface area contributed by atoms with Gasteiger partial charge in [-0.3, -0.25) is 14.9 Å². The zero-order chi connectivity index (χ0) is 29.3. The van der Waals surface area contributed by atoms with Crippen molar-refractivity contribution < 1.29 is 13.9 Å². The fourth-order valence-corrected chi connectivity index (χ4v) is 5.37. The van der Waals surface area contributed by atoms with Crippen molar-refractivity contribution in [3.8, 4) is 5.82 Å².